The van der Waals surface area contributed by atoms with Crippen LogP contribution in [0.1, 0.15) is 5.56 Å². The molecule has 0 fully saturated rings. The molecule has 0 saturated heterocycles. The van der Waals surface area contributed by atoms with Crippen LogP contribution in [0.15, 0.2) is 29.6 Å². The van der Waals surface area contributed by atoms with Crippen molar-refractivity contribution in [2.75, 3.05) is 7.11 Å². The second-order valence-electron chi connectivity index (χ2n) is 2.14. The Labute approximate surface area is 75.4 Å². The maximum absolute atomic E-state index is 10.5. The van der Waals surface area contributed by atoms with E-state index in [1.54, 1.807) is 24.5 Å². The third kappa shape index (κ3) is 3.33. The van der Waals surface area contributed by atoms with Gasteiger partial charge in [0.05, 0.1) is 13.3 Å². The average molecular weight is 179 g/mol. The monoisotopic (exact) mass is 179 g/mol. The summed E-state index contributed by atoms with van der Waals surface area (Å²) in [7, 11) is 1.28. The van der Waals surface area contributed by atoms with Gasteiger partial charge in [0, 0.05) is 12.4 Å². The van der Waals surface area contributed by atoms with Crippen molar-refractivity contribution in [1.82, 2.24) is 10.4 Å². The van der Waals surface area contributed by atoms with Crippen molar-refractivity contribution < 1.29 is 9.53 Å². The second-order valence-corrected chi connectivity index (χ2v) is 2.14. The van der Waals surface area contributed by atoms with Crippen molar-refractivity contribution in [2.24, 2.45) is 5.10 Å². The molecule has 0 atom stereocenters. The molecule has 0 aliphatic heterocycles. The van der Waals surface area contributed by atoms with Gasteiger partial charge in [-0.2, -0.15) is 5.10 Å². The Morgan fingerprint density at radius 2 is 2.31 bits per heavy atom. The third-order valence-electron chi connectivity index (χ3n) is 1.26. The average Bonchev–Trinajstić information content (AvgIpc) is 2.19. The van der Waals surface area contributed by atoms with E-state index in [0.29, 0.717) is 0 Å². The molecule has 0 aromatic carbocycles. The Bertz CT molecular complexity index is 298. The minimum Gasteiger partial charge on any atom is -0.452 e. The van der Waals surface area contributed by atoms with E-state index in [-0.39, 0.29) is 0 Å². The Morgan fingerprint density at radius 1 is 1.62 bits per heavy atom. The quantitative estimate of drug-likeness (QED) is 0.538. The lowest BCUT2D eigenvalue weighted by atomic mass is 10.3. The van der Waals surface area contributed by atoms with Crippen LogP contribution in [0.3, 0.4) is 0 Å². The summed E-state index contributed by atoms with van der Waals surface area (Å²) in [5.41, 5.74) is 3.02. The highest BCUT2D eigenvalue weighted by Gasteiger charge is 1.91. The van der Waals surface area contributed by atoms with Crippen molar-refractivity contribution >= 4 is 12.3 Å². The predicted octanol–water partition coefficient (Wildman–Crippen LogP) is 0.772. The summed E-state index contributed by atoms with van der Waals surface area (Å²) < 4.78 is 4.31. The maximum atomic E-state index is 10.5. The fraction of sp³-hybridized carbons (Fsp3) is 0.125. The Hall–Kier alpha value is -1.91. The zero-order valence-corrected chi connectivity index (χ0v) is 7.10. The van der Waals surface area contributed by atoms with E-state index < -0.39 is 6.09 Å². The van der Waals surface area contributed by atoms with E-state index in [1.807, 2.05) is 0 Å². The summed E-state index contributed by atoms with van der Waals surface area (Å²) in [4.78, 5) is 14.4. The Balaban J connectivity index is 2.45. The molecule has 0 aliphatic rings. The van der Waals surface area contributed by atoms with E-state index in [0.717, 1.165) is 5.56 Å². The molecule has 1 aromatic heterocycles. The van der Waals surface area contributed by atoms with Crippen LogP contribution in [0.25, 0.3) is 0 Å². The Kier molecular flexibility index (Phi) is 3.44. The number of hydrazone groups is 1. The lowest BCUT2D eigenvalue weighted by Gasteiger charge is -1.94. The van der Waals surface area contributed by atoms with Gasteiger partial charge in [0.25, 0.3) is 0 Å². The molecule has 0 unspecified atom stereocenters. The molecular weight excluding hydrogens is 170 g/mol. The van der Waals surface area contributed by atoms with Gasteiger partial charge in [-0.05, 0) is 17.7 Å². The maximum Gasteiger partial charge on any atom is 0.427 e. The molecule has 0 spiro atoms. The number of nitrogens with one attached hydrogen (secondary N) is 1. The number of nitrogens with zero attached hydrogens (tertiary/aromatic N) is 2. The highest BCUT2D eigenvalue weighted by molar-refractivity contribution is 5.80. The first kappa shape index (κ1) is 9.18. The summed E-state index contributed by atoms with van der Waals surface area (Å²) in [6, 6.07) is 3.53. The van der Waals surface area contributed by atoms with Gasteiger partial charge in [0.1, 0.15) is 0 Å². The Morgan fingerprint density at radius 3 is 2.92 bits per heavy atom. The molecule has 0 radical (unpaired) electrons. The molecule has 0 saturated carbocycles. The van der Waals surface area contributed by atoms with Gasteiger partial charge in [-0.1, -0.05) is 0 Å². The van der Waals surface area contributed by atoms with Crippen molar-refractivity contribution in [2.45, 2.75) is 0 Å². The minimum atomic E-state index is -0.592. The largest absolute Gasteiger partial charge is 0.452 e. The molecule has 0 bridgehead atoms. The van der Waals surface area contributed by atoms with E-state index in [4.69, 9.17) is 0 Å². The topological polar surface area (TPSA) is 63.6 Å². The first-order chi connectivity index (χ1) is 6.33. The number of aromatic nitrogens is 1. The van der Waals surface area contributed by atoms with E-state index in [1.165, 1.54) is 13.3 Å². The number of ether oxygens (including phenoxy) is 1. The molecule has 1 amide bonds. The van der Waals surface area contributed by atoms with Gasteiger partial charge in [-0.25, -0.2) is 10.2 Å². The van der Waals surface area contributed by atoms with Crippen LogP contribution in [0, 0.1) is 0 Å². The molecule has 1 rings (SSSR count). The minimum absolute atomic E-state index is 0.592. The molecule has 1 heterocycles. The normalized spacial score (nSPS) is 9.92. The van der Waals surface area contributed by atoms with Crippen molar-refractivity contribution in [3.63, 3.8) is 0 Å². The number of methoxy groups -OCH3 is 1. The number of hydrogen-bond donors (Lipinski definition) is 1. The fourth-order valence-electron chi connectivity index (χ4n) is 0.655. The SMILES string of the molecule is COC(=O)N/N=C\c1ccncc1. The summed E-state index contributed by atoms with van der Waals surface area (Å²) in [5.74, 6) is 0. The zero-order chi connectivity index (χ0) is 9.52. The summed E-state index contributed by atoms with van der Waals surface area (Å²) in [6.07, 6.45) is 4.18. The standard InChI is InChI=1S/C8H9N3O2/c1-13-8(12)11-10-6-7-2-4-9-5-3-7/h2-6H,1H3,(H,11,12)/b10-6-. The third-order valence-corrected chi connectivity index (χ3v) is 1.26. The van der Waals surface area contributed by atoms with Crippen molar-refractivity contribution in [3.05, 3.63) is 30.1 Å². The summed E-state index contributed by atoms with van der Waals surface area (Å²) in [5, 5.41) is 3.64. The number of pyridine rings is 1. The zero-order valence-electron chi connectivity index (χ0n) is 7.10. The van der Waals surface area contributed by atoms with E-state index in [2.05, 4.69) is 20.2 Å². The molecule has 1 N–H and O–H groups in total. The van der Waals surface area contributed by atoms with Crippen LogP contribution in [-0.2, 0) is 4.74 Å². The molecule has 0 aliphatic carbocycles. The van der Waals surface area contributed by atoms with Gasteiger partial charge >= 0.3 is 6.09 Å². The van der Waals surface area contributed by atoms with Crippen LogP contribution in [0.5, 0.6) is 0 Å². The smallest absolute Gasteiger partial charge is 0.427 e. The molecule has 13 heavy (non-hydrogen) atoms. The molecular formula is C8H9N3O2. The number of amides is 1. The van der Waals surface area contributed by atoms with E-state index >= 15 is 0 Å². The van der Waals surface area contributed by atoms with Gasteiger partial charge in [0.15, 0.2) is 0 Å². The first-order valence-corrected chi connectivity index (χ1v) is 3.60. The lowest BCUT2D eigenvalue weighted by Crippen LogP contribution is -2.16. The van der Waals surface area contributed by atoms with Crippen LogP contribution in [-0.4, -0.2) is 24.4 Å². The van der Waals surface area contributed by atoms with Gasteiger partial charge in [-0.3, -0.25) is 4.98 Å². The molecule has 1 aromatic rings. The molecule has 5 nitrogen and oxygen atoms in total. The number of carbonyl (C=O) groups is 1. The molecule has 68 valence electrons. The van der Waals surface area contributed by atoms with Crippen molar-refractivity contribution in [3.8, 4) is 0 Å². The van der Waals surface area contributed by atoms with Crippen LogP contribution >= 0.6 is 0 Å². The summed E-state index contributed by atoms with van der Waals surface area (Å²) in [6.45, 7) is 0. The molecule has 5 heteroatoms. The summed E-state index contributed by atoms with van der Waals surface area (Å²) >= 11 is 0. The second kappa shape index (κ2) is 4.87. The van der Waals surface area contributed by atoms with Crippen LogP contribution in [0.4, 0.5) is 4.79 Å². The number of rotatable bonds is 2. The van der Waals surface area contributed by atoms with E-state index in [9.17, 15) is 4.79 Å². The lowest BCUT2D eigenvalue weighted by molar-refractivity contribution is 0.171. The first-order valence-electron chi connectivity index (χ1n) is 3.60. The van der Waals surface area contributed by atoms with Gasteiger partial charge in [-0.15, -0.1) is 0 Å². The number of carbonyl (C=O) groups excluding carboxylic acids is 1. The fourth-order valence-corrected chi connectivity index (χ4v) is 0.655. The van der Waals surface area contributed by atoms with Gasteiger partial charge < -0.3 is 4.74 Å². The van der Waals surface area contributed by atoms with Crippen LogP contribution in [0.2, 0.25) is 0 Å². The highest BCUT2D eigenvalue weighted by Crippen LogP contribution is 1.89. The van der Waals surface area contributed by atoms with Gasteiger partial charge in [0.2, 0.25) is 0 Å². The highest BCUT2D eigenvalue weighted by atomic mass is 16.5. The van der Waals surface area contributed by atoms with Crippen LogP contribution < -0.4 is 5.43 Å². The number of hydrogen-bond acceptors (Lipinski definition) is 4. The van der Waals surface area contributed by atoms with Crippen molar-refractivity contribution in [1.29, 1.82) is 0 Å². The predicted molar refractivity (Wildman–Crippen MR) is 47.4 cm³/mol.